The van der Waals surface area contributed by atoms with Crippen molar-refractivity contribution < 1.29 is 18.1 Å². The standard InChI is InChI=1S/C16H18N4O5S2/c1-27(24,25)19-9-3-2-4-14(19)15(21)18-16-17-13(10-26-16)11-5-7-12(8-6-11)20(22)23/h5-8,10,14H,2-4,9H2,1H3,(H,17,18,21). The van der Waals surface area contributed by atoms with Gasteiger partial charge in [-0.3, -0.25) is 14.9 Å². The summed E-state index contributed by atoms with van der Waals surface area (Å²) in [7, 11) is -3.46. The van der Waals surface area contributed by atoms with Crippen LogP contribution in [0, 0.1) is 10.1 Å². The predicted octanol–water partition coefficient (Wildman–Crippen LogP) is 2.47. The van der Waals surface area contributed by atoms with E-state index in [0.29, 0.717) is 29.4 Å². The van der Waals surface area contributed by atoms with Crippen LogP contribution in [0.3, 0.4) is 0 Å². The summed E-state index contributed by atoms with van der Waals surface area (Å²) in [5.41, 5.74) is 1.25. The molecule has 1 aromatic carbocycles. The van der Waals surface area contributed by atoms with E-state index >= 15 is 0 Å². The molecule has 1 unspecified atom stereocenters. The van der Waals surface area contributed by atoms with Gasteiger partial charge in [0.1, 0.15) is 6.04 Å². The highest BCUT2D eigenvalue weighted by molar-refractivity contribution is 7.88. The van der Waals surface area contributed by atoms with E-state index in [0.717, 1.165) is 19.1 Å². The number of hydrogen-bond acceptors (Lipinski definition) is 7. The number of piperidine rings is 1. The van der Waals surface area contributed by atoms with Crippen LogP contribution < -0.4 is 5.32 Å². The average molecular weight is 410 g/mol. The predicted molar refractivity (Wildman–Crippen MR) is 102 cm³/mol. The Bertz CT molecular complexity index is 955. The number of nitrogens with one attached hydrogen (secondary N) is 1. The van der Waals surface area contributed by atoms with Gasteiger partial charge in [-0.15, -0.1) is 11.3 Å². The Labute approximate surface area is 160 Å². The lowest BCUT2D eigenvalue weighted by molar-refractivity contribution is -0.384. The Morgan fingerprint density at radius 2 is 2.04 bits per heavy atom. The van der Waals surface area contributed by atoms with Gasteiger partial charge >= 0.3 is 0 Å². The average Bonchev–Trinajstić information content (AvgIpc) is 3.09. The number of non-ortho nitro benzene ring substituents is 1. The Morgan fingerprint density at radius 1 is 1.33 bits per heavy atom. The number of thiazole rings is 1. The first-order valence-corrected chi connectivity index (χ1v) is 11.0. The van der Waals surface area contributed by atoms with Gasteiger partial charge in [0.15, 0.2) is 5.13 Å². The molecule has 27 heavy (non-hydrogen) atoms. The van der Waals surface area contributed by atoms with Crippen LogP contribution in [0.25, 0.3) is 11.3 Å². The fraction of sp³-hybridized carbons (Fsp3) is 0.375. The third-order valence-electron chi connectivity index (χ3n) is 4.29. The summed E-state index contributed by atoms with van der Waals surface area (Å²) in [6.45, 7) is 0.336. The Morgan fingerprint density at radius 3 is 2.67 bits per heavy atom. The van der Waals surface area contributed by atoms with Crippen LogP contribution >= 0.6 is 11.3 Å². The molecule has 2 aromatic rings. The molecule has 1 aliphatic rings. The number of anilines is 1. The minimum absolute atomic E-state index is 0.0133. The van der Waals surface area contributed by atoms with Crippen LogP contribution in [0.2, 0.25) is 0 Å². The molecule has 9 nitrogen and oxygen atoms in total. The summed E-state index contributed by atoms with van der Waals surface area (Å²) < 4.78 is 25.0. The molecule has 144 valence electrons. The van der Waals surface area contributed by atoms with Gasteiger partial charge in [0.25, 0.3) is 5.69 Å². The molecule has 1 aromatic heterocycles. The molecule has 0 spiro atoms. The summed E-state index contributed by atoms with van der Waals surface area (Å²) in [5.74, 6) is -0.398. The number of sulfonamides is 1. The van der Waals surface area contributed by atoms with Gasteiger partial charge in [-0.25, -0.2) is 13.4 Å². The second kappa shape index (κ2) is 7.71. The van der Waals surface area contributed by atoms with Crippen molar-refractivity contribution in [2.45, 2.75) is 25.3 Å². The Balaban J connectivity index is 1.73. The van der Waals surface area contributed by atoms with Crippen LogP contribution in [0.1, 0.15) is 19.3 Å². The molecule has 1 N–H and O–H groups in total. The van der Waals surface area contributed by atoms with Gasteiger partial charge < -0.3 is 5.32 Å². The molecule has 0 radical (unpaired) electrons. The molecule has 0 bridgehead atoms. The maximum Gasteiger partial charge on any atom is 0.269 e. The van der Waals surface area contributed by atoms with E-state index in [2.05, 4.69) is 10.3 Å². The highest BCUT2D eigenvalue weighted by Crippen LogP contribution is 2.27. The molecule has 0 saturated carbocycles. The summed E-state index contributed by atoms with van der Waals surface area (Å²) in [6, 6.07) is 5.22. The Kier molecular flexibility index (Phi) is 5.53. The zero-order valence-electron chi connectivity index (χ0n) is 14.5. The molecule has 2 heterocycles. The third-order valence-corrected chi connectivity index (χ3v) is 6.34. The highest BCUT2D eigenvalue weighted by Gasteiger charge is 2.34. The van der Waals surface area contributed by atoms with Crippen LogP contribution in [0.15, 0.2) is 29.6 Å². The van der Waals surface area contributed by atoms with Crippen molar-refractivity contribution in [2.24, 2.45) is 0 Å². The van der Waals surface area contributed by atoms with Crippen molar-refractivity contribution in [1.82, 2.24) is 9.29 Å². The molecular formula is C16H18N4O5S2. The van der Waals surface area contributed by atoms with Crippen molar-refractivity contribution in [2.75, 3.05) is 18.1 Å². The number of amides is 1. The van der Waals surface area contributed by atoms with E-state index in [-0.39, 0.29) is 5.69 Å². The number of nitrogens with zero attached hydrogens (tertiary/aromatic N) is 3. The third kappa shape index (κ3) is 4.49. The Hall–Kier alpha value is -2.37. The van der Waals surface area contributed by atoms with E-state index in [9.17, 15) is 23.3 Å². The SMILES string of the molecule is CS(=O)(=O)N1CCCCC1C(=O)Nc1nc(-c2ccc([N+](=O)[O-])cc2)cs1. The minimum atomic E-state index is -3.46. The number of aromatic nitrogens is 1. The molecule has 11 heteroatoms. The minimum Gasteiger partial charge on any atom is -0.301 e. The monoisotopic (exact) mass is 410 g/mol. The van der Waals surface area contributed by atoms with Gasteiger partial charge in [-0.05, 0) is 25.0 Å². The quantitative estimate of drug-likeness (QED) is 0.597. The maximum absolute atomic E-state index is 12.6. The molecule has 1 fully saturated rings. The lowest BCUT2D eigenvalue weighted by atomic mass is 10.0. The summed E-state index contributed by atoms with van der Waals surface area (Å²) >= 11 is 1.21. The molecular weight excluding hydrogens is 392 g/mol. The first kappa shape index (κ1) is 19.4. The normalized spacial score (nSPS) is 18.2. The van der Waals surface area contributed by atoms with Crippen molar-refractivity contribution in [3.05, 3.63) is 39.8 Å². The van der Waals surface area contributed by atoms with Crippen molar-refractivity contribution in [1.29, 1.82) is 0 Å². The fourth-order valence-corrected chi connectivity index (χ4v) is 4.82. The van der Waals surface area contributed by atoms with Crippen LogP contribution in [0.4, 0.5) is 10.8 Å². The number of nitro benzene ring substituents is 1. The summed E-state index contributed by atoms with van der Waals surface area (Å²) in [4.78, 5) is 27.1. The number of nitro groups is 1. The largest absolute Gasteiger partial charge is 0.301 e. The number of rotatable bonds is 5. The van der Waals surface area contributed by atoms with Gasteiger partial charge in [0.2, 0.25) is 15.9 Å². The van der Waals surface area contributed by atoms with Crippen molar-refractivity contribution >= 4 is 38.1 Å². The van der Waals surface area contributed by atoms with Gasteiger partial charge in [-0.2, -0.15) is 4.31 Å². The molecule has 1 atom stereocenters. The number of benzene rings is 1. The zero-order chi connectivity index (χ0) is 19.6. The molecule has 1 amide bonds. The van der Waals surface area contributed by atoms with E-state index in [1.807, 2.05) is 0 Å². The van der Waals surface area contributed by atoms with Crippen LogP contribution in [0.5, 0.6) is 0 Å². The first-order chi connectivity index (χ1) is 12.8. The first-order valence-electron chi connectivity index (χ1n) is 8.24. The summed E-state index contributed by atoms with van der Waals surface area (Å²) in [6.07, 6.45) is 3.10. The second-order valence-corrected chi connectivity index (χ2v) is 9.01. The molecule has 0 aliphatic carbocycles. The molecule has 1 aliphatic heterocycles. The van der Waals surface area contributed by atoms with E-state index in [4.69, 9.17) is 0 Å². The fourth-order valence-electron chi connectivity index (χ4n) is 2.97. The molecule has 1 saturated heterocycles. The second-order valence-electron chi connectivity index (χ2n) is 6.22. The smallest absolute Gasteiger partial charge is 0.269 e. The lowest BCUT2D eigenvalue weighted by Gasteiger charge is -2.32. The van der Waals surface area contributed by atoms with Crippen molar-refractivity contribution in [3.63, 3.8) is 0 Å². The zero-order valence-corrected chi connectivity index (χ0v) is 16.1. The lowest BCUT2D eigenvalue weighted by Crippen LogP contribution is -2.49. The highest BCUT2D eigenvalue weighted by atomic mass is 32.2. The number of hydrogen-bond donors (Lipinski definition) is 1. The van der Waals surface area contributed by atoms with E-state index in [1.165, 1.54) is 27.8 Å². The van der Waals surface area contributed by atoms with E-state index in [1.54, 1.807) is 17.5 Å². The van der Waals surface area contributed by atoms with Crippen LogP contribution in [-0.2, 0) is 14.8 Å². The number of carbonyl (C=O) groups is 1. The van der Waals surface area contributed by atoms with Gasteiger partial charge in [0.05, 0.1) is 16.9 Å². The topological polar surface area (TPSA) is 123 Å². The van der Waals surface area contributed by atoms with E-state index < -0.39 is 26.9 Å². The van der Waals surface area contributed by atoms with Crippen molar-refractivity contribution in [3.8, 4) is 11.3 Å². The number of carbonyl (C=O) groups excluding carboxylic acids is 1. The van der Waals surface area contributed by atoms with Gasteiger partial charge in [0, 0.05) is 29.6 Å². The summed E-state index contributed by atoms with van der Waals surface area (Å²) in [5, 5.41) is 15.5. The van der Waals surface area contributed by atoms with Gasteiger partial charge in [-0.1, -0.05) is 6.42 Å². The molecule has 3 rings (SSSR count). The van der Waals surface area contributed by atoms with Crippen LogP contribution in [-0.4, -0.2) is 47.4 Å². The maximum atomic E-state index is 12.6.